The number of rotatable bonds is 8. The van der Waals surface area contributed by atoms with Gasteiger partial charge in [-0.1, -0.05) is 36.1 Å². The number of nitrogens with one attached hydrogen (secondary N) is 2. The van der Waals surface area contributed by atoms with E-state index in [-0.39, 0.29) is 24.4 Å². The van der Waals surface area contributed by atoms with Gasteiger partial charge in [0.15, 0.2) is 0 Å². The SMILES string of the molecule is CN1C(=O)C(=Cc2ccc(C(=O)NC(CCCNC(N)=O)C(=O)O)cc2)SC1=S. The van der Waals surface area contributed by atoms with E-state index in [4.69, 9.17) is 18.0 Å². The second kappa shape index (κ2) is 10.0. The van der Waals surface area contributed by atoms with Crippen molar-refractivity contribution in [2.75, 3.05) is 13.6 Å². The van der Waals surface area contributed by atoms with E-state index in [1.807, 2.05) is 0 Å². The molecule has 1 fully saturated rings. The molecular weight excluding hydrogens is 416 g/mol. The molecule has 0 radical (unpaired) electrons. The van der Waals surface area contributed by atoms with Gasteiger partial charge in [0.2, 0.25) is 0 Å². The molecule has 0 aromatic heterocycles. The summed E-state index contributed by atoms with van der Waals surface area (Å²) in [5.41, 5.74) is 5.94. The van der Waals surface area contributed by atoms with Gasteiger partial charge in [-0.05, 0) is 36.6 Å². The summed E-state index contributed by atoms with van der Waals surface area (Å²) < 4.78 is 0.475. The summed E-state index contributed by atoms with van der Waals surface area (Å²) in [6.07, 6.45) is 2.16. The number of hydrogen-bond donors (Lipinski definition) is 4. The molecule has 0 saturated carbocycles. The van der Waals surface area contributed by atoms with Crippen molar-refractivity contribution < 1.29 is 24.3 Å². The van der Waals surface area contributed by atoms with Crippen LogP contribution in [0.1, 0.15) is 28.8 Å². The van der Waals surface area contributed by atoms with Crippen LogP contribution in [0.15, 0.2) is 29.2 Å². The summed E-state index contributed by atoms with van der Waals surface area (Å²) in [7, 11) is 1.61. The Balaban J connectivity index is 1.98. The van der Waals surface area contributed by atoms with Gasteiger partial charge in [-0.3, -0.25) is 14.5 Å². The highest BCUT2D eigenvalue weighted by molar-refractivity contribution is 8.26. The van der Waals surface area contributed by atoms with Crippen molar-refractivity contribution in [3.8, 4) is 0 Å². The number of aliphatic carboxylic acids is 1. The molecule has 11 heteroatoms. The third-order valence-corrected chi connectivity index (χ3v) is 5.51. The van der Waals surface area contributed by atoms with E-state index < -0.39 is 23.9 Å². The molecule has 0 aliphatic carbocycles. The summed E-state index contributed by atoms with van der Waals surface area (Å²) in [6, 6.07) is 4.61. The lowest BCUT2D eigenvalue weighted by Gasteiger charge is -2.14. The Morgan fingerprint density at radius 2 is 1.97 bits per heavy atom. The summed E-state index contributed by atoms with van der Waals surface area (Å²) in [4.78, 5) is 48.2. The van der Waals surface area contributed by atoms with Crippen molar-refractivity contribution in [2.24, 2.45) is 5.73 Å². The number of thioether (sulfide) groups is 1. The maximum absolute atomic E-state index is 12.3. The largest absolute Gasteiger partial charge is 0.480 e. The van der Waals surface area contributed by atoms with Crippen LogP contribution in [0.4, 0.5) is 4.79 Å². The minimum absolute atomic E-state index is 0.137. The number of nitrogens with two attached hydrogens (primary N) is 1. The number of amides is 4. The number of carbonyl (C=O) groups is 4. The van der Waals surface area contributed by atoms with Gasteiger partial charge in [-0.2, -0.15) is 0 Å². The van der Waals surface area contributed by atoms with E-state index in [1.165, 1.54) is 16.7 Å². The monoisotopic (exact) mass is 436 g/mol. The predicted octanol–water partition coefficient (Wildman–Crippen LogP) is 1.15. The number of likely N-dealkylation sites (N-methyl/N-ethyl adjacent to an activating group) is 1. The molecule has 0 bridgehead atoms. The number of primary amides is 1. The Kier molecular flexibility index (Phi) is 7.74. The topological polar surface area (TPSA) is 142 Å². The number of thiocarbonyl (C=S) groups is 1. The second-order valence-corrected chi connectivity index (χ2v) is 7.84. The molecule has 5 N–H and O–H groups in total. The molecule has 1 saturated heterocycles. The Hall–Kier alpha value is -2.92. The van der Waals surface area contributed by atoms with Gasteiger partial charge in [0.25, 0.3) is 11.8 Å². The highest BCUT2D eigenvalue weighted by atomic mass is 32.2. The maximum Gasteiger partial charge on any atom is 0.326 e. The number of hydrogen-bond acceptors (Lipinski definition) is 6. The molecule has 1 aliphatic heterocycles. The third kappa shape index (κ3) is 6.29. The first-order valence-electron chi connectivity index (χ1n) is 8.57. The highest BCUT2D eigenvalue weighted by Gasteiger charge is 2.28. The fourth-order valence-corrected chi connectivity index (χ4v) is 3.62. The van der Waals surface area contributed by atoms with E-state index in [0.717, 1.165) is 0 Å². The molecule has 1 atom stereocenters. The Morgan fingerprint density at radius 1 is 1.31 bits per heavy atom. The van der Waals surface area contributed by atoms with Crippen LogP contribution in [-0.2, 0) is 9.59 Å². The van der Waals surface area contributed by atoms with Crippen LogP contribution in [0.3, 0.4) is 0 Å². The quantitative estimate of drug-likeness (QED) is 0.272. The Labute approximate surface area is 176 Å². The highest BCUT2D eigenvalue weighted by Crippen LogP contribution is 2.31. The lowest BCUT2D eigenvalue weighted by atomic mass is 10.1. The standard InChI is InChI=1S/C18H20N4O5S2/c1-22-15(24)13(29-18(22)28)9-10-4-6-11(7-5-10)14(23)21-12(16(25)26)3-2-8-20-17(19)27/h4-7,9,12H,2-3,8H2,1H3,(H,21,23)(H,25,26)(H3,19,20,27). The van der Waals surface area contributed by atoms with Crippen molar-refractivity contribution >= 4 is 58.2 Å². The smallest absolute Gasteiger partial charge is 0.326 e. The maximum atomic E-state index is 12.3. The van der Waals surface area contributed by atoms with Crippen LogP contribution in [0.2, 0.25) is 0 Å². The normalized spacial score (nSPS) is 16.0. The first-order valence-corrected chi connectivity index (χ1v) is 9.80. The number of benzene rings is 1. The number of nitrogens with zero attached hydrogens (tertiary/aromatic N) is 1. The van der Waals surface area contributed by atoms with Gasteiger partial charge >= 0.3 is 12.0 Å². The number of carbonyl (C=O) groups excluding carboxylic acids is 3. The van der Waals surface area contributed by atoms with Crippen LogP contribution in [0.5, 0.6) is 0 Å². The zero-order valence-electron chi connectivity index (χ0n) is 15.5. The summed E-state index contributed by atoms with van der Waals surface area (Å²) in [5, 5.41) is 14.1. The third-order valence-electron chi connectivity index (χ3n) is 4.03. The molecule has 1 aromatic rings. The lowest BCUT2D eigenvalue weighted by Crippen LogP contribution is -2.41. The van der Waals surface area contributed by atoms with Gasteiger partial charge in [-0.25, -0.2) is 9.59 Å². The minimum Gasteiger partial charge on any atom is -0.480 e. The molecule has 1 unspecified atom stereocenters. The van der Waals surface area contributed by atoms with Crippen LogP contribution >= 0.6 is 24.0 Å². The van der Waals surface area contributed by atoms with Gasteiger partial charge in [0, 0.05) is 19.2 Å². The molecule has 1 heterocycles. The minimum atomic E-state index is -1.17. The fourth-order valence-electron chi connectivity index (χ4n) is 2.44. The molecular formula is C18H20N4O5S2. The van der Waals surface area contributed by atoms with Gasteiger partial charge in [0.1, 0.15) is 10.4 Å². The van der Waals surface area contributed by atoms with Crippen molar-refractivity contribution in [1.82, 2.24) is 15.5 Å². The van der Waals surface area contributed by atoms with Crippen molar-refractivity contribution in [3.05, 3.63) is 40.3 Å². The van der Waals surface area contributed by atoms with Gasteiger partial charge in [0.05, 0.1) is 4.91 Å². The van der Waals surface area contributed by atoms with Gasteiger partial charge in [-0.15, -0.1) is 0 Å². The van der Waals surface area contributed by atoms with E-state index in [9.17, 15) is 24.3 Å². The Morgan fingerprint density at radius 3 is 2.48 bits per heavy atom. The van der Waals surface area contributed by atoms with Crippen LogP contribution < -0.4 is 16.4 Å². The number of carboxylic acid groups (broad SMARTS) is 1. The van der Waals surface area contributed by atoms with E-state index in [2.05, 4.69) is 10.6 Å². The average molecular weight is 437 g/mol. The van der Waals surface area contributed by atoms with Crippen molar-refractivity contribution in [2.45, 2.75) is 18.9 Å². The summed E-state index contributed by atoms with van der Waals surface area (Å²) in [6.45, 7) is 0.216. The zero-order chi connectivity index (χ0) is 21.6. The summed E-state index contributed by atoms with van der Waals surface area (Å²) in [5.74, 6) is -1.89. The average Bonchev–Trinajstić information content (AvgIpc) is 2.91. The number of urea groups is 1. The molecule has 154 valence electrons. The molecule has 9 nitrogen and oxygen atoms in total. The van der Waals surface area contributed by atoms with Crippen LogP contribution in [-0.4, -0.2) is 57.8 Å². The first-order chi connectivity index (χ1) is 13.7. The van der Waals surface area contributed by atoms with Crippen LogP contribution in [0.25, 0.3) is 6.08 Å². The van der Waals surface area contributed by atoms with Gasteiger partial charge < -0.3 is 21.5 Å². The van der Waals surface area contributed by atoms with Crippen molar-refractivity contribution in [1.29, 1.82) is 0 Å². The number of carboxylic acids is 1. The Bertz CT molecular complexity index is 870. The van der Waals surface area contributed by atoms with Crippen molar-refractivity contribution in [3.63, 3.8) is 0 Å². The predicted molar refractivity (Wildman–Crippen MR) is 113 cm³/mol. The molecule has 1 aliphatic rings. The zero-order valence-corrected chi connectivity index (χ0v) is 17.1. The second-order valence-electron chi connectivity index (χ2n) is 6.16. The molecule has 2 rings (SSSR count). The van der Waals surface area contributed by atoms with Crippen LogP contribution in [0, 0.1) is 0 Å². The molecule has 0 spiro atoms. The van der Waals surface area contributed by atoms with E-state index >= 15 is 0 Å². The fraction of sp³-hybridized carbons (Fsp3) is 0.278. The molecule has 29 heavy (non-hydrogen) atoms. The summed E-state index contributed by atoms with van der Waals surface area (Å²) >= 11 is 6.28. The van der Waals surface area contributed by atoms with E-state index in [0.29, 0.717) is 21.2 Å². The first kappa shape index (κ1) is 22.4. The molecule has 4 amide bonds. The van der Waals surface area contributed by atoms with E-state index in [1.54, 1.807) is 37.4 Å². The molecule has 1 aromatic carbocycles. The lowest BCUT2D eigenvalue weighted by molar-refractivity contribution is -0.139.